The van der Waals surface area contributed by atoms with Crippen LogP contribution in [0.1, 0.15) is 20.3 Å². The highest BCUT2D eigenvalue weighted by Crippen LogP contribution is 2.16. The molecule has 0 bridgehead atoms. The van der Waals surface area contributed by atoms with Crippen molar-refractivity contribution < 1.29 is 9.90 Å². The molecule has 4 nitrogen and oxygen atoms in total. The minimum atomic E-state index is -0.0599. The summed E-state index contributed by atoms with van der Waals surface area (Å²) in [5.74, 6) is 0. The standard InChI is InChI=1S/C8H16N2O2/c1-6(2)9-8(12)10-4-3-7(10)5-11/h6-7,11H,3-5H2,1-2H3,(H,9,12). The number of carbonyl (C=O) groups is 1. The van der Waals surface area contributed by atoms with E-state index in [2.05, 4.69) is 5.32 Å². The van der Waals surface area contributed by atoms with Crippen molar-refractivity contribution in [3.8, 4) is 0 Å². The van der Waals surface area contributed by atoms with Gasteiger partial charge in [-0.25, -0.2) is 4.79 Å². The first-order chi connectivity index (χ1) is 5.65. The number of nitrogens with one attached hydrogen (secondary N) is 1. The molecule has 0 aromatic heterocycles. The average molecular weight is 172 g/mol. The summed E-state index contributed by atoms with van der Waals surface area (Å²) < 4.78 is 0. The number of hydrogen-bond acceptors (Lipinski definition) is 2. The highest BCUT2D eigenvalue weighted by atomic mass is 16.3. The van der Waals surface area contributed by atoms with Crippen molar-refractivity contribution in [2.24, 2.45) is 0 Å². The Hall–Kier alpha value is -0.770. The van der Waals surface area contributed by atoms with Crippen molar-refractivity contribution in [3.05, 3.63) is 0 Å². The van der Waals surface area contributed by atoms with Gasteiger partial charge in [0.1, 0.15) is 0 Å². The Morgan fingerprint density at radius 2 is 2.42 bits per heavy atom. The normalized spacial score (nSPS) is 22.3. The number of urea groups is 1. The Bertz CT molecular complexity index is 168. The molecule has 1 saturated heterocycles. The molecule has 2 amide bonds. The summed E-state index contributed by atoms with van der Waals surface area (Å²) in [6.45, 7) is 4.69. The summed E-state index contributed by atoms with van der Waals surface area (Å²) in [5, 5.41) is 11.6. The molecule has 0 saturated carbocycles. The summed E-state index contributed by atoms with van der Waals surface area (Å²) in [6, 6.07) is 0.150. The summed E-state index contributed by atoms with van der Waals surface area (Å²) in [5.41, 5.74) is 0. The Kier molecular flexibility index (Phi) is 2.92. The van der Waals surface area contributed by atoms with Gasteiger partial charge in [0.05, 0.1) is 12.6 Å². The van der Waals surface area contributed by atoms with Crippen molar-refractivity contribution in [1.29, 1.82) is 0 Å². The smallest absolute Gasteiger partial charge is 0.317 e. The number of rotatable bonds is 2. The molecule has 1 fully saturated rings. The molecule has 2 N–H and O–H groups in total. The summed E-state index contributed by atoms with van der Waals surface area (Å²) >= 11 is 0. The number of amides is 2. The molecule has 1 aliphatic heterocycles. The van der Waals surface area contributed by atoms with Crippen LogP contribution in [0, 0.1) is 0 Å². The van der Waals surface area contributed by atoms with E-state index in [0.717, 1.165) is 13.0 Å². The molecule has 0 spiro atoms. The molecular weight excluding hydrogens is 156 g/mol. The van der Waals surface area contributed by atoms with E-state index < -0.39 is 0 Å². The molecule has 4 heteroatoms. The van der Waals surface area contributed by atoms with E-state index in [0.29, 0.717) is 0 Å². The second kappa shape index (κ2) is 3.76. The van der Waals surface area contributed by atoms with Crippen LogP contribution >= 0.6 is 0 Å². The number of aliphatic hydroxyl groups is 1. The fraction of sp³-hybridized carbons (Fsp3) is 0.875. The van der Waals surface area contributed by atoms with Gasteiger partial charge in [-0.15, -0.1) is 0 Å². The van der Waals surface area contributed by atoms with Crippen molar-refractivity contribution >= 4 is 6.03 Å². The number of aliphatic hydroxyl groups excluding tert-OH is 1. The maximum Gasteiger partial charge on any atom is 0.317 e. The van der Waals surface area contributed by atoms with Gasteiger partial charge < -0.3 is 15.3 Å². The zero-order chi connectivity index (χ0) is 9.14. The quantitative estimate of drug-likeness (QED) is 0.624. The van der Waals surface area contributed by atoms with E-state index in [-0.39, 0.29) is 24.7 Å². The Balaban J connectivity index is 2.32. The SMILES string of the molecule is CC(C)NC(=O)N1CCC1CO. The van der Waals surface area contributed by atoms with Crippen LogP contribution in [-0.2, 0) is 0 Å². The predicted octanol–water partition coefficient (Wildman–Crippen LogP) is 0.171. The maximum absolute atomic E-state index is 11.3. The first-order valence-electron chi connectivity index (χ1n) is 4.33. The van der Waals surface area contributed by atoms with E-state index in [1.807, 2.05) is 13.8 Å². The fourth-order valence-corrected chi connectivity index (χ4v) is 1.23. The van der Waals surface area contributed by atoms with Gasteiger partial charge in [-0.1, -0.05) is 0 Å². The molecule has 70 valence electrons. The zero-order valence-corrected chi connectivity index (χ0v) is 7.58. The number of carbonyl (C=O) groups excluding carboxylic acids is 1. The molecule has 1 heterocycles. The van der Waals surface area contributed by atoms with Crippen molar-refractivity contribution in [3.63, 3.8) is 0 Å². The lowest BCUT2D eigenvalue weighted by atomic mass is 10.1. The predicted molar refractivity (Wildman–Crippen MR) is 45.9 cm³/mol. The van der Waals surface area contributed by atoms with Crippen molar-refractivity contribution in [2.75, 3.05) is 13.2 Å². The largest absolute Gasteiger partial charge is 0.394 e. The molecule has 12 heavy (non-hydrogen) atoms. The van der Waals surface area contributed by atoms with Gasteiger partial charge in [0, 0.05) is 12.6 Å². The minimum absolute atomic E-state index is 0.0451. The van der Waals surface area contributed by atoms with Crippen molar-refractivity contribution in [1.82, 2.24) is 10.2 Å². The Morgan fingerprint density at radius 1 is 1.75 bits per heavy atom. The lowest BCUT2D eigenvalue weighted by molar-refractivity contribution is 0.0693. The van der Waals surface area contributed by atoms with Gasteiger partial charge in [0.2, 0.25) is 0 Å². The Labute approximate surface area is 72.6 Å². The molecule has 0 aromatic rings. The summed E-state index contributed by atoms with van der Waals surface area (Å²) in [4.78, 5) is 13.0. The number of nitrogens with zero attached hydrogens (tertiary/aromatic N) is 1. The average Bonchev–Trinajstić information content (AvgIpc) is 1.83. The van der Waals surface area contributed by atoms with E-state index in [1.54, 1.807) is 4.90 Å². The van der Waals surface area contributed by atoms with E-state index in [4.69, 9.17) is 5.11 Å². The third-order valence-corrected chi connectivity index (χ3v) is 2.03. The van der Waals surface area contributed by atoms with Gasteiger partial charge in [-0.2, -0.15) is 0 Å². The van der Waals surface area contributed by atoms with E-state index in [9.17, 15) is 4.79 Å². The maximum atomic E-state index is 11.3. The second-order valence-electron chi connectivity index (χ2n) is 3.42. The third kappa shape index (κ3) is 1.88. The molecule has 1 aliphatic rings. The van der Waals surface area contributed by atoms with E-state index >= 15 is 0 Å². The van der Waals surface area contributed by atoms with Crippen LogP contribution in [0.25, 0.3) is 0 Å². The molecule has 1 rings (SSSR count). The molecule has 0 aromatic carbocycles. The zero-order valence-electron chi connectivity index (χ0n) is 7.58. The highest BCUT2D eigenvalue weighted by molar-refractivity contribution is 5.75. The fourth-order valence-electron chi connectivity index (χ4n) is 1.23. The molecule has 0 aliphatic carbocycles. The molecule has 0 radical (unpaired) electrons. The monoisotopic (exact) mass is 172 g/mol. The van der Waals surface area contributed by atoms with Crippen molar-refractivity contribution in [2.45, 2.75) is 32.4 Å². The lowest BCUT2D eigenvalue weighted by Gasteiger charge is -2.40. The van der Waals surface area contributed by atoms with Crippen LogP contribution in [0.15, 0.2) is 0 Å². The van der Waals surface area contributed by atoms with Crippen LogP contribution in [0.5, 0.6) is 0 Å². The number of likely N-dealkylation sites (tertiary alicyclic amines) is 1. The molecule has 1 unspecified atom stereocenters. The van der Waals surface area contributed by atoms with Gasteiger partial charge in [0.25, 0.3) is 0 Å². The van der Waals surface area contributed by atoms with Gasteiger partial charge >= 0.3 is 6.03 Å². The van der Waals surface area contributed by atoms with Crippen LogP contribution in [0.4, 0.5) is 4.79 Å². The Morgan fingerprint density at radius 3 is 2.75 bits per heavy atom. The van der Waals surface area contributed by atoms with Crippen LogP contribution in [0.2, 0.25) is 0 Å². The highest BCUT2D eigenvalue weighted by Gasteiger charge is 2.31. The molecule has 1 atom stereocenters. The summed E-state index contributed by atoms with van der Waals surface area (Å²) in [7, 11) is 0. The summed E-state index contributed by atoms with van der Waals surface area (Å²) in [6.07, 6.45) is 0.919. The number of hydrogen-bond donors (Lipinski definition) is 2. The first kappa shape index (κ1) is 9.32. The van der Waals surface area contributed by atoms with Gasteiger partial charge in [0.15, 0.2) is 0 Å². The topological polar surface area (TPSA) is 52.6 Å². The third-order valence-electron chi connectivity index (χ3n) is 2.03. The van der Waals surface area contributed by atoms with E-state index in [1.165, 1.54) is 0 Å². The second-order valence-corrected chi connectivity index (χ2v) is 3.42. The van der Waals surface area contributed by atoms with Crippen LogP contribution in [-0.4, -0.2) is 41.3 Å². The van der Waals surface area contributed by atoms with Crippen LogP contribution < -0.4 is 5.32 Å². The minimum Gasteiger partial charge on any atom is -0.394 e. The first-order valence-corrected chi connectivity index (χ1v) is 4.33. The van der Waals surface area contributed by atoms with Gasteiger partial charge in [-0.3, -0.25) is 0 Å². The van der Waals surface area contributed by atoms with Gasteiger partial charge in [-0.05, 0) is 20.3 Å². The molecular formula is C8H16N2O2. The van der Waals surface area contributed by atoms with Crippen LogP contribution in [0.3, 0.4) is 0 Å². The lowest BCUT2D eigenvalue weighted by Crippen LogP contribution is -2.57.